The van der Waals surface area contributed by atoms with Gasteiger partial charge in [0.1, 0.15) is 0 Å². The van der Waals surface area contributed by atoms with E-state index in [4.69, 9.17) is 0 Å². The molecule has 0 unspecified atom stereocenters. The van der Waals surface area contributed by atoms with Gasteiger partial charge in [0.05, 0.1) is 6.10 Å². The third-order valence-corrected chi connectivity index (χ3v) is 4.84. The third-order valence-electron chi connectivity index (χ3n) is 4.84. The van der Waals surface area contributed by atoms with Crippen molar-refractivity contribution in [2.75, 3.05) is 39.3 Å². The fourth-order valence-corrected chi connectivity index (χ4v) is 3.28. The van der Waals surface area contributed by atoms with E-state index in [1.807, 2.05) is 0 Å². The molecule has 1 aliphatic heterocycles. The molecule has 0 saturated carbocycles. The summed E-state index contributed by atoms with van der Waals surface area (Å²) in [4.78, 5) is 4.80. The predicted octanol–water partition coefficient (Wildman–Crippen LogP) is 1.94. The van der Waals surface area contributed by atoms with Crippen LogP contribution in [0, 0.1) is 0 Å². The van der Waals surface area contributed by atoms with Crippen LogP contribution in [0.5, 0.6) is 0 Å². The molecule has 1 fully saturated rings. The number of likely N-dealkylation sites (N-methyl/N-ethyl adjacent to an activating group) is 1. The lowest BCUT2D eigenvalue weighted by atomic mass is 10.0. The number of piperidine rings is 1. The number of likely N-dealkylation sites (tertiary alicyclic amines) is 1. The Hall–Kier alpha value is -0.940. The lowest BCUT2D eigenvalue weighted by Crippen LogP contribution is -2.46. The average Bonchev–Trinajstić information content (AvgIpc) is 2.60. The number of nitrogens with one attached hydrogen (secondary N) is 1. The number of aliphatic hydroxyl groups excluding tert-OH is 1. The standard InChI is InChI=1S/C19H33N3O/c1-3-21(4-2)16-19(23)14-20-18-10-12-22(13-11-18)15-17-8-6-5-7-9-17/h5-9,18-20,23H,3-4,10-16H2,1-2H3/t19-/m1/s1. The van der Waals surface area contributed by atoms with Gasteiger partial charge in [-0.25, -0.2) is 0 Å². The molecule has 0 radical (unpaired) electrons. The highest BCUT2D eigenvalue weighted by Gasteiger charge is 2.20. The average molecular weight is 319 g/mol. The maximum atomic E-state index is 10.1. The SMILES string of the molecule is CCN(CC)C[C@H](O)CNC1CCN(Cc2ccccc2)CC1. The number of nitrogens with zero attached hydrogens (tertiary/aromatic N) is 2. The number of rotatable bonds is 9. The minimum absolute atomic E-state index is 0.266. The van der Waals surface area contributed by atoms with Crippen molar-refractivity contribution in [2.24, 2.45) is 0 Å². The van der Waals surface area contributed by atoms with Gasteiger partial charge in [0.25, 0.3) is 0 Å². The minimum Gasteiger partial charge on any atom is -0.390 e. The molecule has 1 saturated heterocycles. The van der Waals surface area contributed by atoms with E-state index in [0.717, 1.165) is 39.3 Å². The molecule has 2 N–H and O–H groups in total. The highest BCUT2D eigenvalue weighted by molar-refractivity contribution is 5.14. The molecule has 4 heteroatoms. The van der Waals surface area contributed by atoms with Gasteiger partial charge in [-0.15, -0.1) is 0 Å². The first-order chi connectivity index (χ1) is 11.2. The van der Waals surface area contributed by atoms with Gasteiger partial charge < -0.3 is 15.3 Å². The summed E-state index contributed by atoms with van der Waals surface area (Å²) in [6.45, 7) is 11.1. The van der Waals surface area contributed by atoms with E-state index in [1.165, 1.54) is 18.4 Å². The molecule has 130 valence electrons. The molecular formula is C19H33N3O. The lowest BCUT2D eigenvalue weighted by Gasteiger charge is -2.33. The van der Waals surface area contributed by atoms with Crippen LogP contribution >= 0.6 is 0 Å². The Morgan fingerprint density at radius 1 is 1.17 bits per heavy atom. The normalized spacial score (nSPS) is 18.4. The van der Waals surface area contributed by atoms with Gasteiger partial charge in [0.15, 0.2) is 0 Å². The van der Waals surface area contributed by atoms with Crippen molar-refractivity contribution in [3.63, 3.8) is 0 Å². The zero-order valence-electron chi connectivity index (χ0n) is 14.7. The highest BCUT2D eigenvalue weighted by atomic mass is 16.3. The molecular weight excluding hydrogens is 286 g/mol. The Balaban J connectivity index is 1.63. The van der Waals surface area contributed by atoms with Crippen molar-refractivity contribution in [3.8, 4) is 0 Å². The van der Waals surface area contributed by atoms with E-state index >= 15 is 0 Å². The molecule has 1 aliphatic rings. The van der Waals surface area contributed by atoms with Crippen molar-refractivity contribution < 1.29 is 5.11 Å². The summed E-state index contributed by atoms with van der Waals surface area (Å²) in [5, 5.41) is 13.7. The van der Waals surface area contributed by atoms with Crippen LogP contribution < -0.4 is 5.32 Å². The van der Waals surface area contributed by atoms with E-state index < -0.39 is 0 Å². The second kappa shape index (κ2) is 10.0. The van der Waals surface area contributed by atoms with Crippen LogP contribution in [-0.4, -0.2) is 66.3 Å². The van der Waals surface area contributed by atoms with Gasteiger partial charge in [0.2, 0.25) is 0 Å². The van der Waals surface area contributed by atoms with E-state index in [-0.39, 0.29) is 6.10 Å². The first-order valence-corrected chi connectivity index (χ1v) is 9.11. The molecule has 1 atom stereocenters. The van der Waals surface area contributed by atoms with E-state index in [9.17, 15) is 5.11 Å². The molecule has 2 rings (SSSR count). The van der Waals surface area contributed by atoms with Crippen molar-refractivity contribution >= 4 is 0 Å². The quantitative estimate of drug-likeness (QED) is 0.730. The van der Waals surface area contributed by atoms with Crippen molar-refractivity contribution in [2.45, 2.75) is 45.4 Å². The third kappa shape index (κ3) is 6.60. The second-order valence-electron chi connectivity index (χ2n) is 6.58. The van der Waals surface area contributed by atoms with Crippen LogP contribution in [0.4, 0.5) is 0 Å². The summed E-state index contributed by atoms with van der Waals surface area (Å²) in [5.41, 5.74) is 1.40. The first-order valence-electron chi connectivity index (χ1n) is 9.11. The van der Waals surface area contributed by atoms with Gasteiger partial charge in [-0.3, -0.25) is 4.90 Å². The van der Waals surface area contributed by atoms with E-state index in [1.54, 1.807) is 0 Å². The van der Waals surface area contributed by atoms with Crippen molar-refractivity contribution in [3.05, 3.63) is 35.9 Å². The summed E-state index contributed by atoms with van der Waals surface area (Å²) >= 11 is 0. The van der Waals surface area contributed by atoms with Gasteiger partial charge >= 0.3 is 0 Å². The molecule has 0 aromatic heterocycles. The van der Waals surface area contributed by atoms with Crippen LogP contribution in [0.25, 0.3) is 0 Å². The Bertz CT molecular complexity index is 414. The molecule has 1 heterocycles. The van der Waals surface area contributed by atoms with Crippen molar-refractivity contribution in [1.29, 1.82) is 0 Å². The zero-order chi connectivity index (χ0) is 16.5. The molecule has 0 amide bonds. The predicted molar refractivity (Wildman–Crippen MR) is 96.5 cm³/mol. The largest absolute Gasteiger partial charge is 0.390 e. The maximum Gasteiger partial charge on any atom is 0.0791 e. The van der Waals surface area contributed by atoms with Gasteiger partial charge in [-0.2, -0.15) is 0 Å². The summed E-state index contributed by atoms with van der Waals surface area (Å²) in [5.74, 6) is 0. The number of aliphatic hydroxyl groups is 1. The monoisotopic (exact) mass is 319 g/mol. The highest BCUT2D eigenvalue weighted by Crippen LogP contribution is 2.13. The molecule has 1 aromatic carbocycles. The fraction of sp³-hybridized carbons (Fsp3) is 0.684. The Kier molecular flexibility index (Phi) is 8.03. The minimum atomic E-state index is -0.266. The molecule has 23 heavy (non-hydrogen) atoms. The van der Waals surface area contributed by atoms with Crippen LogP contribution in [-0.2, 0) is 6.54 Å². The summed E-state index contributed by atoms with van der Waals surface area (Å²) in [7, 11) is 0. The number of benzene rings is 1. The van der Waals surface area contributed by atoms with Gasteiger partial charge in [0, 0.05) is 25.7 Å². The number of hydrogen-bond acceptors (Lipinski definition) is 4. The maximum absolute atomic E-state index is 10.1. The van der Waals surface area contributed by atoms with Crippen LogP contribution in [0.15, 0.2) is 30.3 Å². The Morgan fingerprint density at radius 3 is 2.43 bits per heavy atom. The van der Waals surface area contributed by atoms with Gasteiger partial charge in [-0.05, 0) is 44.6 Å². The Labute approximate surface area is 141 Å². The number of hydrogen-bond donors (Lipinski definition) is 2. The molecule has 0 bridgehead atoms. The first kappa shape index (κ1) is 18.4. The van der Waals surface area contributed by atoms with Crippen molar-refractivity contribution in [1.82, 2.24) is 15.1 Å². The van der Waals surface area contributed by atoms with E-state index in [2.05, 4.69) is 59.3 Å². The summed E-state index contributed by atoms with van der Waals surface area (Å²) in [6.07, 6.45) is 2.08. The lowest BCUT2D eigenvalue weighted by molar-refractivity contribution is 0.107. The summed E-state index contributed by atoms with van der Waals surface area (Å²) < 4.78 is 0. The van der Waals surface area contributed by atoms with Crippen LogP contribution in [0.2, 0.25) is 0 Å². The summed E-state index contributed by atoms with van der Waals surface area (Å²) in [6, 6.07) is 11.3. The molecule has 0 aliphatic carbocycles. The van der Waals surface area contributed by atoms with Crippen LogP contribution in [0.1, 0.15) is 32.3 Å². The fourth-order valence-electron chi connectivity index (χ4n) is 3.28. The van der Waals surface area contributed by atoms with Crippen LogP contribution in [0.3, 0.4) is 0 Å². The molecule has 4 nitrogen and oxygen atoms in total. The van der Waals surface area contributed by atoms with E-state index in [0.29, 0.717) is 12.6 Å². The zero-order valence-corrected chi connectivity index (χ0v) is 14.7. The topological polar surface area (TPSA) is 38.7 Å². The Morgan fingerprint density at radius 2 is 1.83 bits per heavy atom. The molecule has 1 aromatic rings. The second-order valence-corrected chi connectivity index (χ2v) is 6.58. The molecule has 0 spiro atoms. The smallest absolute Gasteiger partial charge is 0.0791 e. The van der Waals surface area contributed by atoms with Gasteiger partial charge in [-0.1, -0.05) is 44.2 Å².